The fraction of sp³-hybridized carbons (Fsp3) is 0.312. The first-order valence-corrected chi connectivity index (χ1v) is 14.4. The summed E-state index contributed by atoms with van der Waals surface area (Å²) in [5.41, 5.74) is -0.277. The molecule has 7 nitrogen and oxygen atoms in total. The van der Waals surface area contributed by atoms with Crippen LogP contribution in [0.3, 0.4) is 0 Å². The fourth-order valence-electron chi connectivity index (χ4n) is 6.63. The van der Waals surface area contributed by atoms with Crippen LogP contribution in [0.4, 0.5) is 5.69 Å². The Morgan fingerprint density at radius 1 is 0.829 bits per heavy atom. The Bertz CT molecular complexity index is 1530. The normalized spacial score (nSPS) is 23.5. The number of ether oxygens (including phenoxy) is 1. The molecule has 3 aromatic carbocycles. The number of amides is 1. The van der Waals surface area contributed by atoms with Crippen molar-refractivity contribution in [3.63, 3.8) is 0 Å². The molecule has 1 saturated heterocycles. The summed E-state index contributed by atoms with van der Waals surface area (Å²) in [5, 5.41) is 13.7. The molecule has 3 unspecified atom stereocenters. The number of benzene rings is 3. The van der Waals surface area contributed by atoms with E-state index < -0.39 is 47.0 Å². The Hall–Kier alpha value is -3.52. The van der Waals surface area contributed by atoms with Gasteiger partial charge in [0.1, 0.15) is 5.92 Å². The van der Waals surface area contributed by atoms with E-state index in [-0.39, 0.29) is 21.2 Å². The predicted octanol–water partition coefficient (Wildman–Crippen LogP) is 6.89. The molecular formula is C32H27Cl2NO6. The molecule has 6 rings (SSSR count). The van der Waals surface area contributed by atoms with Gasteiger partial charge in [-0.25, -0.2) is 0 Å². The van der Waals surface area contributed by atoms with Gasteiger partial charge in [-0.05, 0) is 54.2 Å². The van der Waals surface area contributed by atoms with E-state index in [1.807, 2.05) is 12.1 Å². The molecule has 3 aliphatic rings. The van der Waals surface area contributed by atoms with Gasteiger partial charge in [0.05, 0.1) is 22.1 Å². The van der Waals surface area contributed by atoms with Crippen LogP contribution in [0.5, 0.6) is 0 Å². The van der Waals surface area contributed by atoms with Gasteiger partial charge < -0.3 is 15.2 Å². The van der Waals surface area contributed by atoms with Crippen molar-refractivity contribution in [2.45, 2.75) is 49.7 Å². The van der Waals surface area contributed by atoms with E-state index in [2.05, 4.69) is 5.32 Å². The SMILES string of the molecule is O=C(Nc1ccc(C2CCCCC2)cc1)C1C(c2ccc(Cl)c(Cl)c2)OC2(C(=O)c3ccccc3C2=O)C1C(=O)O. The lowest BCUT2D eigenvalue weighted by molar-refractivity contribution is -0.147. The third kappa shape index (κ3) is 4.56. The molecule has 2 aliphatic carbocycles. The van der Waals surface area contributed by atoms with Gasteiger partial charge in [0, 0.05) is 16.8 Å². The van der Waals surface area contributed by atoms with Crippen molar-refractivity contribution in [1.29, 1.82) is 0 Å². The van der Waals surface area contributed by atoms with Gasteiger partial charge in [-0.3, -0.25) is 19.2 Å². The quantitative estimate of drug-likeness (QED) is 0.313. The van der Waals surface area contributed by atoms with Crippen LogP contribution in [-0.4, -0.2) is 34.2 Å². The average Bonchev–Trinajstić information content (AvgIpc) is 3.45. The molecular weight excluding hydrogens is 565 g/mol. The molecule has 1 amide bonds. The van der Waals surface area contributed by atoms with E-state index >= 15 is 0 Å². The smallest absolute Gasteiger partial charge is 0.311 e. The number of halogens is 2. The highest BCUT2D eigenvalue weighted by atomic mass is 35.5. The van der Waals surface area contributed by atoms with E-state index in [1.54, 1.807) is 30.3 Å². The van der Waals surface area contributed by atoms with Crippen molar-refractivity contribution in [3.8, 4) is 0 Å². The number of rotatable bonds is 5. The molecule has 0 bridgehead atoms. The number of carbonyl (C=O) groups is 4. The van der Waals surface area contributed by atoms with Crippen molar-refractivity contribution in [3.05, 3.63) is 99.0 Å². The number of carboxylic acids is 1. The van der Waals surface area contributed by atoms with E-state index in [4.69, 9.17) is 27.9 Å². The number of carboxylic acid groups (broad SMARTS) is 1. The Labute approximate surface area is 246 Å². The van der Waals surface area contributed by atoms with E-state index in [1.165, 1.54) is 49.1 Å². The van der Waals surface area contributed by atoms with Crippen LogP contribution in [0.1, 0.15) is 76.0 Å². The van der Waals surface area contributed by atoms with E-state index in [9.17, 15) is 24.3 Å². The zero-order chi connectivity index (χ0) is 28.9. The van der Waals surface area contributed by atoms with E-state index in [0.717, 1.165) is 12.8 Å². The topological polar surface area (TPSA) is 110 Å². The molecule has 210 valence electrons. The summed E-state index contributed by atoms with van der Waals surface area (Å²) in [4.78, 5) is 54.4. The summed E-state index contributed by atoms with van der Waals surface area (Å²) in [7, 11) is 0. The van der Waals surface area contributed by atoms with Crippen molar-refractivity contribution in [1.82, 2.24) is 0 Å². The van der Waals surface area contributed by atoms with Gasteiger partial charge in [-0.15, -0.1) is 0 Å². The minimum Gasteiger partial charge on any atom is -0.481 e. The number of Topliss-reactive ketones (excluding diaryl/α,β-unsaturated/α-hetero) is 2. The molecule has 41 heavy (non-hydrogen) atoms. The number of nitrogens with one attached hydrogen (secondary N) is 1. The zero-order valence-electron chi connectivity index (χ0n) is 21.9. The van der Waals surface area contributed by atoms with Gasteiger partial charge in [0.15, 0.2) is 0 Å². The second-order valence-corrected chi connectivity index (χ2v) is 11.8. The third-order valence-electron chi connectivity index (χ3n) is 8.62. The number of hydrogen-bond acceptors (Lipinski definition) is 5. The molecule has 3 atom stereocenters. The Morgan fingerprint density at radius 3 is 2.02 bits per heavy atom. The van der Waals surface area contributed by atoms with Crippen LogP contribution in [0.15, 0.2) is 66.7 Å². The zero-order valence-corrected chi connectivity index (χ0v) is 23.5. The summed E-state index contributed by atoms with van der Waals surface area (Å²) in [5.74, 6) is -6.48. The highest BCUT2D eigenvalue weighted by Crippen LogP contribution is 2.54. The van der Waals surface area contributed by atoms with Crippen LogP contribution in [-0.2, 0) is 14.3 Å². The van der Waals surface area contributed by atoms with Crippen molar-refractivity contribution >= 4 is 52.3 Å². The van der Waals surface area contributed by atoms with Crippen molar-refractivity contribution in [2.24, 2.45) is 11.8 Å². The van der Waals surface area contributed by atoms with Crippen LogP contribution < -0.4 is 5.32 Å². The number of anilines is 1. The Kier molecular flexibility index (Phi) is 7.22. The summed E-state index contributed by atoms with van der Waals surface area (Å²) in [6.45, 7) is 0. The first-order valence-electron chi connectivity index (χ1n) is 13.7. The summed E-state index contributed by atoms with van der Waals surface area (Å²) < 4.78 is 6.20. The van der Waals surface area contributed by atoms with Gasteiger partial charge in [-0.1, -0.05) is 84.9 Å². The summed E-state index contributed by atoms with van der Waals surface area (Å²) >= 11 is 12.4. The highest BCUT2D eigenvalue weighted by molar-refractivity contribution is 6.42. The summed E-state index contributed by atoms with van der Waals surface area (Å²) in [6.07, 6.45) is 4.62. The standard InChI is InChI=1S/C32H27Cl2NO6/c33-23-15-12-19(16-24(23)34)27-25(30(38)35-20-13-10-18(11-14-20)17-6-2-1-3-7-17)26(31(39)40)32(41-27)28(36)21-8-4-5-9-22(21)29(32)37/h4-5,8-17,25-27H,1-3,6-7H2,(H,35,38)(H,39,40). The second-order valence-electron chi connectivity index (χ2n) is 10.9. The Balaban J connectivity index is 1.39. The first-order chi connectivity index (χ1) is 19.7. The number of fused-ring (bicyclic) bond motifs is 1. The number of carbonyl (C=O) groups excluding carboxylic acids is 3. The van der Waals surface area contributed by atoms with Crippen LogP contribution >= 0.6 is 23.2 Å². The lowest BCUT2D eigenvalue weighted by Crippen LogP contribution is -2.52. The van der Waals surface area contributed by atoms with Crippen molar-refractivity contribution < 1.29 is 29.0 Å². The predicted molar refractivity (Wildman–Crippen MR) is 154 cm³/mol. The largest absolute Gasteiger partial charge is 0.481 e. The van der Waals surface area contributed by atoms with Crippen LogP contribution in [0.25, 0.3) is 0 Å². The maximum atomic E-state index is 13.9. The molecule has 1 heterocycles. The Morgan fingerprint density at radius 2 is 1.44 bits per heavy atom. The maximum Gasteiger partial charge on any atom is 0.311 e. The van der Waals surface area contributed by atoms with E-state index in [0.29, 0.717) is 17.2 Å². The molecule has 1 saturated carbocycles. The first kappa shape index (κ1) is 27.6. The molecule has 1 spiro atoms. The van der Waals surface area contributed by atoms with Crippen molar-refractivity contribution in [2.75, 3.05) is 5.32 Å². The molecule has 0 radical (unpaired) electrons. The second kappa shape index (κ2) is 10.7. The average molecular weight is 592 g/mol. The van der Waals surface area contributed by atoms with Gasteiger partial charge >= 0.3 is 5.97 Å². The van der Waals surface area contributed by atoms with Gasteiger partial charge in [0.2, 0.25) is 23.1 Å². The molecule has 2 fully saturated rings. The number of aliphatic carboxylic acids is 1. The van der Waals surface area contributed by atoms with Gasteiger partial charge in [0.25, 0.3) is 0 Å². The molecule has 1 aliphatic heterocycles. The van der Waals surface area contributed by atoms with Gasteiger partial charge in [-0.2, -0.15) is 0 Å². The summed E-state index contributed by atoms with van der Waals surface area (Å²) in [6, 6.07) is 18.1. The highest BCUT2D eigenvalue weighted by Gasteiger charge is 2.71. The molecule has 0 aromatic heterocycles. The maximum absolute atomic E-state index is 13.9. The molecule has 9 heteroatoms. The molecule has 2 N–H and O–H groups in total. The lowest BCUT2D eigenvalue weighted by atomic mass is 9.75. The molecule has 3 aromatic rings. The fourth-order valence-corrected chi connectivity index (χ4v) is 6.93. The lowest BCUT2D eigenvalue weighted by Gasteiger charge is -2.25. The number of hydrogen-bond donors (Lipinski definition) is 2. The minimum absolute atomic E-state index is 0.0657. The third-order valence-corrected chi connectivity index (χ3v) is 9.36. The minimum atomic E-state index is -2.40. The van der Waals surface area contributed by atoms with Crippen LogP contribution in [0, 0.1) is 11.8 Å². The number of ketones is 2. The monoisotopic (exact) mass is 591 g/mol. The van der Waals surface area contributed by atoms with Crippen LogP contribution in [0.2, 0.25) is 10.0 Å².